The normalized spacial score (nSPS) is 12.5. The summed E-state index contributed by atoms with van der Waals surface area (Å²) in [5.74, 6) is -2.49. The maximum absolute atomic E-state index is 12.8. The number of carbonyl (C=O) groups is 2. The van der Waals surface area contributed by atoms with Crippen LogP contribution in [0.25, 0.3) is 10.2 Å². The van der Waals surface area contributed by atoms with E-state index in [-0.39, 0.29) is 21.7 Å². The Kier molecular flexibility index (Phi) is 4.68. The predicted octanol–water partition coefficient (Wildman–Crippen LogP) is 3.90. The largest absolute Gasteiger partial charge is 0.416 e. The van der Waals surface area contributed by atoms with Gasteiger partial charge < -0.3 is 5.73 Å². The van der Waals surface area contributed by atoms with Crippen molar-refractivity contribution in [2.75, 3.05) is 0 Å². The van der Waals surface area contributed by atoms with Crippen molar-refractivity contribution in [3.8, 4) is 6.07 Å². The zero-order valence-corrected chi connectivity index (χ0v) is 14.3. The summed E-state index contributed by atoms with van der Waals surface area (Å²) in [6.07, 6.45) is -4.51. The Morgan fingerprint density at radius 2 is 1.74 bits per heavy atom. The second-order valence-corrected chi connectivity index (χ2v) is 6.66. The van der Waals surface area contributed by atoms with Gasteiger partial charge in [-0.3, -0.25) is 9.59 Å². The minimum absolute atomic E-state index is 0.0713. The molecule has 0 aliphatic heterocycles. The third kappa shape index (κ3) is 3.66. The first kappa shape index (κ1) is 18.5. The van der Waals surface area contributed by atoms with Gasteiger partial charge in [-0.2, -0.15) is 18.4 Å². The van der Waals surface area contributed by atoms with Gasteiger partial charge >= 0.3 is 6.18 Å². The van der Waals surface area contributed by atoms with E-state index in [4.69, 9.17) is 5.73 Å². The molecule has 0 saturated heterocycles. The van der Waals surface area contributed by atoms with Gasteiger partial charge in [0.05, 0.1) is 21.8 Å². The van der Waals surface area contributed by atoms with Crippen LogP contribution in [0.2, 0.25) is 0 Å². The summed E-state index contributed by atoms with van der Waals surface area (Å²) >= 11 is 0.984. The molecule has 1 unspecified atom stereocenters. The van der Waals surface area contributed by atoms with Crippen LogP contribution in [0.5, 0.6) is 0 Å². The zero-order chi connectivity index (χ0) is 19.8. The summed E-state index contributed by atoms with van der Waals surface area (Å²) < 4.78 is 38.9. The van der Waals surface area contributed by atoms with Crippen LogP contribution >= 0.6 is 11.3 Å². The zero-order valence-electron chi connectivity index (χ0n) is 13.4. The van der Waals surface area contributed by atoms with E-state index in [0.29, 0.717) is 4.70 Å². The molecule has 27 heavy (non-hydrogen) atoms. The minimum atomic E-state index is -4.51. The molecule has 1 heterocycles. The topological polar surface area (TPSA) is 96.8 Å². The summed E-state index contributed by atoms with van der Waals surface area (Å²) in [7, 11) is 0. The number of Topliss-reactive ketones (excluding diaryl/α,β-unsaturated/α-hetero) is 1. The molecule has 136 valence electrons. The van der Waals surface area contributed by atoms with Crippen molar-refractivity contribution in [2.24, 2.45) is 5.73 Å². The molecule has 0 aliphatic carbocycles. The molecular formula is C18H10F3N3O2S. The number of amides is 1. The number of hydrogen-bond donors (Lipinski definition) is 1. The van der Waals surface area contributed by atoms with E-state index in [0.717, 1.165) is 23.5 Å². The Morgan fingerprint density at radius 1 is 1.11 bits per heavy atom. The molecule has 0 radical (unpaired) electrons. The summed E-state index contributed by atoms with van der Waals surface area (Å²) in [6.45, 7) is 0. The Morgan fingerprint density at radius 3 is 2.30 bits per heavy atom. The van der Waals surface area contributed by atoms with E-state index in [2.05, 4.69) is 4.98 Å². The van der Waals surface area contributed by atoms with Crippen LogP contribution in [-0.4, -0.2) is 16.7 Å². The van der Waals surface area contributed by atoms with Crippen LogP contribution in [0.15, 0.2) is 42.5 Å². The van der Waals surface area contributed by atoms with Gasteiger partial charge in [-0.25, -0.2) is 4.98 Å². The fourth-order valence-corrected chi connectivity index (χ4v) is 3.43. The first-order valence-corrected chi connectivity index (χ1v) is 8.33. The molecule has 0 spiro atoms. The summed E-state index contributed by atoms with van der Waals surface area (Å²) in [5.41, 5.74) is 4.73. The fourth-order valence-electron chi connectivity index (χ4n) is 2.44. The lowest BCUT2D eigenvalue weighted by atomic mass is 9.98. The number of nitrogens with two attached hydrogens (primary N) is 1. The first-order valence-electron chi connectivity index (χ1n) is 7.52. The third-order valence-corrected chi connectivity index (χ3v) is 4.92. The number of alkyl halides is 3. The highest BCUT2D eigenvalue weighted by atomic mass is 32.1. The van der Waals surface area contributed by atoms with E-state index < -0.39 is 29.3 Å². The number of carbonyl (C=O) groups excluding carboxylic acids is 2. The van der Waals surface area contributed by atoms with Crippen molar-refractivity contribution in [1.29, 1.82) is 5.26 Å². The van der Waals surface area contributed by atoms with Gasteiger partial charge in [0, 0.05) is 11.1 Å². The number of hydrogen-bond acceptors (Lipinski definition) is 5. The molecule has 1 aromatic heterocycles. The van der Waals surface area contributed by atoms with Crippen LogP contribution in [0.3, 0.4) is 0 Å². The van der Waals surface area contributed by atoms with Crippen molar-refractivity contribution in [3.05, 3.63) is 64.2 Å². The standard InChI is InChI=1S/C18H10F3N3O2S/c19-18(20,21)11-5-6-14-13(7-11)24-17(27-14)12(8-22)15(25)9-1-3-10(4-2-9)16(23)26/h1-7,12H,(H2,23,26). The second-order valence-electron chi connectivity index (χ2n) is 5.60. The molecule has 2 N–H and O–H groups in total. The molecule has 2 aromatic carbocycles. The lowest BCUT2D eigenvalue weighted by Crippen LogP contribution is -2.13. The SMILES string of the molecule is N#CC(C(=O)c1ccc(C(N)=O)cc1)c1nc2cc(C(F)(F)F)ccc2s1. The molecule has 0 fully saturated rings. The van der Waals surface area contributed by atoms with Crippen LogP contribution < -0.4 is 5.73 Å². The second kappa shape index (κ2) is 6.81. The van der Waals surface area contributed by atoms with Gasteiger partial charge in [0.1, 0.15) is 5.01 Å². The molecule has 0 aliphatic rings. The van der Waals surface area contributed by atoms with Crippen molar-refractivity contribution in [2.45, 2.75) is 12.1 Å². The van der Waals surface area contributed by atoms with Crippen LogP contribution in [-0.2, 0) is 6.18 Å². The Bertz CT molecular complexity index is 1080. The summed E-state index contributed by atoms with van der Waals surface area (Å²) in [5, 5.41) is 9.51. The average Bonchev–Trinajstić information content (AvgIpc) is 3.04. The van der Waals surface area contributed by atoms with Gasteiger partial charge in [-0.05, 0) is 30.3 Å². The lowest BCUT2D eigenvalue weighted by Gasteiger charge is -2.05. The summed E-state index contributed by atoms with van der Waals surface area (Å²) in [6, 6.07) is 10.4. The Labute approximate surface area is 154 Å². The average molecular weight is 389 g/mol. The molecule has 3 rings (SSSR count). The molecule has 1 atom stereocenters. The Balaban J connectivity index is 1.96. The monoisotopic (exact) mass is 389 g/mol. The van der Waals surface area contributed by atoms with Gasteiger partial charge in [0.2, 0.25) is 5.91 Å². The summed E-state index contributed by atoms with van der Waals surface area (Å²) in [4.78, 5) is 27.7. The smallest absolute Gasteiger partial charge is 0.366 e. The number of rotatable bonds is 4. The van der Waals surface area contributed by atoms with Crippen molar-refractivity contribution < 1.29 is 22.8 Å². The highest BCUT2D eigenvalue weighted by Crippen LogP contribution is 2.35. The number of primary amides is 1. The number of ketones is 1. The van der Waals surface area contributed by atoms with E-state index in [1.165, 1.54) is 30.3 Å². The molecule has 0 bridgehead atoms. The quantitative estimate of drug-likeness (QED) is 0.684. The molecule has 1 amide bonds. The van der Waals surface area contributed by atoms with Gasteiger partial charge in [0.15, 0.2) is 11.7 Å². The number of halogens is 3. The molecular weight excluding hydrogens is 379 g/mol. The number of benzene rings is 2. The maximum atomic E-state index is 12.8. The third-order valence-electron chi connectivity index (χ3n) is 3.82. The number of aromatic nitrogens is 1. The van der Waals surface area contributed by atoms with Gasteiger partial charge in [-0.1, -0.05) is 12.1 Å². The molecule has 9 heteroatoms. The van der Waals surface area contributed by atoms with E-state index in [1.807, 2.05) is 6.07 Å². The van der Waals surface area contributed by atoms with E-state index in [9.17, 15) is 28.0 Å². The van der Waals surface area contributed by atoms with Crippen LogP contribution in [0.1, 0.15) is 37.2 Å². The van der Waals surface area contributed by atoms with Crippen LogP contribution in [0.4, 0.5) is 13.2 Å². The lowest BCUT2D eigenvalue weighted by molar-refractivity contribution is -0.137. The van der Waals surface area contributed by atoms with Crippen molar-refractivity contribution in [1.82, 2.24) is 4.98 Å². The molecule has 5 nitrogen and oxygen atoms in total. The van der Waals surface area contributed by atoms with E-state index in [1.54, 1.807) is 0 Å². The minimum Gasteiger partial charge on any atom is -0.366 e. The van der Waals surface area contributed by atoms with Crippen LogP contribution in [0, 0.1) is 11.3 Å². The maximum Gasteiger partial charge on any atom is 0.416 e. The molecule has 3 aromatic rings. The first-order chi connectivity index (χ1) is 12.7. The van der Waals surface area contributed by atoms with Crippen molar-refractivity contribution in [3.63, 3.8) is 0 Å². The number of nitriles is 1. The fraction of sp³-hybridized carbons (Fsp3) is 0.111. The van der Waals surface area contributed by atoms with Gasteiger partial charge in [-0.15, -0.1) is 11.3 Å². The van der Waals surface area contributed by atoms with Gasteiger partial charge in [0.25, 0.3) is 0 Å². The predicted molar refractivity (Wildman–Crippen MR) is 92.3 cm³/mol. The number of nitrogens with zero attached hydrogens (tertiary/aromatic N) is 2. The van der Waals surface area contributed by atoms with E-state index >= 15 is 0 Å². The molecule has 0 saturated carbocycles. The number of thiazole rings is 1. The highest BCUT2D eigenvalue weighted by molar-refractivity contribution is 7.18. The Hall–Kier alpha value is -3.25. The number of fused-ring (bicyclic) bond motifs is 1. The van der Waals surface area contributed by atoms with Crippen molar-refractivity contribution >= 4 is 33.2 Å². The highest BCUT2D eigenvalue weighted by Gasteiger charge is 2.31.